The topological polar surface area (TPSA) is 92.2 Å². The van der Waals surface area contributed by atoms with Gasteiger partial charge in [0.15, 0.2) is 6.23 Å². The maximum absolute atomic E-state index is 11.3. The molecule has 0 spiro atoms. The Labute approximate surface area is 193 Å². The van der Waals surface area contributed by atoms with Gasteiger partial charge in [-0.05, 0) is 63.1 Å². The molecule has 0 radical (unpaired) electrons. The van der Waals surface area contributed by atoms with Crippen LogP contribution in [0.1, 0.15) is 45.6 Å². The maximum atomic E-state index is 11.3. The molecule has 0 fully saturated rings. The van der Waals surface area contributed by atoms with Crippen LogP contribution in [-0.4, -0.2) is 41.2 Å². The van der Waals surface area contributed by atoms with Crippen molar-refractivity contribution >= 4 is 23.2 Å². The number of aliphatic hydroxyl groups excluding tert-OH is 1. The van der Waals surface area contributed by atoms with E-state index in [0.717, 1.165) is 11.3 Å². The van der Waals surface area contributed by atoms with Gasteiger partial charge >= 0.3 is 0 Å². The predicted molar refractivity (Wildman–Crippen MR) is 125 cm³/mol. The average molecular weight is 460 g/mol. The molecule has 7 nitrogen and oxygen atoms in total. The van der Waals surface area contributed by atoms with Gasteiger partial charge in [0.1, 0.15) is 17.6 Å². The molecule has 1 aliphatic rings. The summed E-state index contributed by atoms with van der Waals surface area (Å²) in [6, 6.07) is 14.9. The van der Waals surface area contributed by atoms with Gasteiger partial charge in [-0.2, -0.15) is 5.10 Å². The SMILES string of the molecule is C[C@H](O)C(NC(C)(C)CCOc1ccc(C2=NNC(=O)CC2)cc1Cl)Oc1ccccc1. The lowest BCUT2D eigenvalue weighted by Crippen LogP contribution is -2.53. The third-order valence-corrected chi connectivity index (χ3v) is 5.43. The Hall–Kier alpha value is -2.61. The minimum Gasteiger partial charge on any atom is -0.492 e. The summed E-state index contributed by atoms with van der Waals surface area (Å²) < 4.78 is 11.8. The van der Waals surface area contributed by atoms with Crippen molar-refractivity contribution in [1.29, 1.82) is 0 Å². The van der Waals surface area contributed by atoms with Crippen molar-refractivity contribution in [3.8, 4) is 11.5 Å². The fourth-order valence-electron chi connectivity index (χ4n) is 3.25. The van der Waals surface area contributed by atoms with Crippen molar-refractivity contribution in [2.24, 2.45) is 5.10 Å². The van der Waals surface area contributed by atoms with E-state index in [1.807, 2.05) is 56.3 Å². The number of carbonyl (C=O) groups excluding carboxylic acids is 1. The Bertz CT molecular complexity index is 948. The normalized spacial score (nSPS) is 16.0. The second kappa shape index (κ2) is 10.8. The van der Waals surface area contributed by atoms with E-state index in [9.17, 15) is 9.90 Å². The summed E-state index contributed by atoms with van der Waals surface area (Å²) in [6.45, 7) is 6.17. The van der Waals surface area contributed by atoms with E-state index in [1.165, 1.54) is 0 Å². The third kappa shape index (κ3) is 6.95. The highest BCUT2D eigenvalue weighted by molar-refractivity contribution is 6.32. The highest BCUT2D eigenvalue weighted by Crippen LogP contribution is 2.27. The molecular weight excluding hydrogens is 430 g/mol. The quantitative estimate of drug-likeness (QED) is 0.469. The zero-order valence-electron chi connectivity index (χ0n) is 18.6. The molecule has 1 amide bonds. The number of halogens is 1. The van der Waals surface area contributed by atoms with E-state index >= 15 is 0 Å². The summed E-state index contributed by atoms with van der Waals surface area (Å²) in [5.74, 6) is 1.19. The number of aliphatic hydroxyl groups is 1. The van der Waals surface area contributed by atoms with Crippen LogP contribution in [0.25, 0.3) is 0 Å². The predicted octanol–water partition coefficient (Wildman–Crippen LogP) is 3.88. The first-order chi connectivity index (χ1) is 15.2. The number of amides is 1. The first kappa shape index (κ1) is 24.0. The molecule has 0 saturated carbocycles. The fraction of sp³-hybridized carbons (Fsp3) is 0.417. The van der Waals surface area contributed by atoms with Crippen LogP contribution in [0, 0.1) is 0 Å². The Morgan fingerprint density at radius 3 is 2.59 bits per heavy atom. The van der Waals surface area contributed by atoms with Gasteiger partial charge in [-0.25, -0.2) is 5.43 Å². The van der Waals surface area contributed by atoms with Crippen LogP contribution in [0.5, 0.6) is 11.5 Å². The molecule has 3 rings (SSSR count). The van der Waals surface area contributed by atoms with Crippen LogP contribution < -0.4 is 20.2 Å². The summed E-state index contributed by atoms with van der Waals surface area (Å²) in [6.07, 6.45) is 0.387. The monoisotopic (exact) mass is 459 g/mol. The third-order valence-electron chi connectivity index (χ3n) is 5.13. The fourth-order valence-corrected chi connectivity index (χ4v) is 3.48. The van der Waals surface area contributed by atoms with Crippen LogP contribution in [0.15, 0.2) is 53.6 Å². The lowest BCUT2D eigenvalue weighted by molar-refractivity contribution is -0.121. The zero-order valence-corrected chi connectivity index (χ0v) is 19.4. The Morgan fingerprint density at radius 1 is 1.22 bits per heavy atom. The second-order valence-electron chi connectivity index (χ2n) is 8.46. The zero-order chi connectivity index (χ0) is 23.1. The van der Waals surface area contributed by atoms with Crippen LogP contribution in [0.3, 0.4) is 0 Å². The van der Waals surface area contributed by atoms with Gasteiger partial charge in [0.05, 0.1) is 17.3 Å². The summed E-state index contributed by atoms with van der Waals surface area (Å²) in [5, 5.41) is 18.1. The number of nitrogens with zero attached hydrogens (tertiary/aromatic N) is 1. The molecule has 1 aliphatic heterocycles. The molecule has 3 N–H and O–H groups in total. The van der Waals surface area contributed by atoms with E-state index < -0.39 is 12.3 Å². The minimum absolute atomic E-state index is 0.0805. The van der Waals surface area contributed by atoms with Gasteiger partial charge < -0.3 is 14.6 Å². The number of hydrazone groups is 1. The van der Waals surface area contributed by atoms with E-state index in [0.29, 0.717) is 42.4 Å². The van der Waals surface area contributed by atoms with Crippen molar-refractivity contribution in [2.45, 2.75) is 57.9 Å². The summed E-state index contributed by atoms with van der Waals surface area (Å²) in [4.78, 5) is 11.3. The number of hydrogen-bond acceptors (Lipinski definition) is 6. The molecule has 0 aromatic heterocycles. The van der Waals surface area contributed by atoms with E-state index in [1.54, 1.807) is 13.0 Å². The van der Waals surface area contributed by atoms with Gasteiger partial charge in [0.2, 0.25) is 5.91 Å². The lowest BCUT2D eigenvalue weighted by Gasteiger charge is -2.33. The van der Waals surface area contributed by atoms with Crippen LogP contribution in [0.2, 0.25) is 5.02 Å². The van der Waals surface area contributed by atoms with Crippen LogP contribution >= 0.6 is 11.6 Å². The number of hydrogen-bond donors (Lipinski definition) is 3. The van der Waals surface area contributed by atoms with Gasteiger partial charge in [0.25, 0.3) is 0 Å². The molecule has 0 aliphatic carbocycles. The second-order valence-corrected chi connectivity index (χ2v) is 8.86. The Morgan fingerprint density at radius 2 is 1.97 bits per heavy atom. The van der Waals surface area contributed by atoms with Crippen molar-refractivity contribution in [3.63, 3.8) is 0 Å². The minimum atomic E-state index is -0.704. The first-order valence-corrected chi connectivity index (χ1v) is 11.1. The van der Waals surface area contributed by atoms with Gasteiger partial charge in [-0.3, -0.25) is 10.1 Å². The van der Waals surface area contributed by atoms with Gasteiger partial charge in [-0.1, -0.05) is 29.8 Å². The molecule has 2 aromatic rings. The number of para-hydroxylation sites is 1. The largest absolute Gasteiger partial charge is 0.492 e. The lowest BCUT2D eigenvalue weighted by atomic mass is 10.0. The molecule has 1 heterocycles. The molecule has 1 unspecified atom stereocenters. The highest BCUT2D eigenvalue weighted by atomic mass is 35.5. The molecule has 172 valence electrons. The summed E-state index contributed by atoms with van der Waals surface area (Å²) in [7, 11) is 0. The van der Waals surface area contributed by atoms with Crippen molar-refractivity contribution in [1.82, 2.24) is 10.7 Å². The van der Waals surface area contributed by atoms with Crippen LogP contribution in [0.4, 0.5) is 0 Å². The van der Waals surface area contributed by atoms with E-state index in [4.69, 9.17) is 21.1 Å². The highest BCUT2D eigenvalue weighted by Gasteiger charge is 2.26. The molecule has 2 atom stereocenters. The molecular formula is C24H30ClN3O4. The maximum Gasteiger partial charge on any atom is 0.240 e. The molecule has 0 bridgehead atoms. The number of ether oxygens (including phenoxy) is 2. The molecule has 2 aromatic carbocycles. The number of rotatable bonds is 10. The molecule has 0 saturated heterocycles. The smallest absolute Gasteiger partial charge is 0.240 e. The standard InChI is InChI=1S/C24H30ClN3O4/c1-16(29)23(32-18-7-5-4-6-8-18)26-24(2,3)13-14-31-21-11-9-17(15-19(21)25)20-10-12-22(30)28-27-20/h4-9,11,15-16,23,26,29H,10,12-14H2,1-3H3,(H,28,30)/t16-,23?/m0/s1. The Balaban J connectivity index is 1.54. The van der Waals surface area contributed by atoms with Crippen molar-refractivity contribution in [2.75, 3.05) is 6.61 Å². The van der Waals surface area contributed by atoms with Gasteiger partial charge in [-0.15, -0.1) is 0 Å². The van der Waals surface area contributed by atoms with Gasteiger partial charge in [0, 0.05) is 18.4 Å². The average Bonchev–Trinajstić information content (AvgIpc) is 2.75. The first-order valence-electron chi connectivity index (χ1n) is 10.7. The molecule has 8 heteroatoms. The van der Waals surface area contributed by atoms with Crippen molar-refractivity contribution in [3.05, 3.63) is 59.1 Å². The summed E-state index contributed by atoms with van der Waals surface area (Å²) >= 11 is 6.41. The van der Waals surface area contributed by atoms with E-state index in [2.05, 4.69) is 15.8 Å². The number of carbonyl (C=O) groups is 1. The Kier molecular flexibility index (Phi) is 8.12. The van der Waals surface area contributed by atoms with Crippen molar-refractivity contribution < 1.29 is 19.4 Å². The number of nitrogens with one attached hydrogen (secondary N) is 2. The number of benzene rings is 2. The molecule has 32 heavy (non-hydrogen) atoms. The van der Waals surface area contributed by atoms with Crippen LogP contribution in [-0.2, 0) is 4.79 Å². The van der Waals surface area contributed by atoms with E-state index in [-0.39, 0.29) is 11.4 Å². The summed E-state index contributed by atoms with van der Waals surface area (Å²) in [5.41, 5.74) is 3.79.